The number of ether oxygens (including phenoxy) is 3. The third kappa shape index (κ3) is 4.36. The fourth-order valence-electron chi connectivity index (χ4n) is 4.24. The van der Waals surface area contributed by atoms with E-state index in [1.54, 1.807) is 36.4 Å². The SMILES string of the molecule is O=C1NC(=O)N(c2ccc3c(c2)OCO3)C(=O)/C1=C/c1ccc(OCc2ccc3ccccc3c2)cc1. The lowest BCUT2D eigenvalue weighted by atomic mass is 10.1. The van der Waals surface area contributed by atoms with Crippen molar-refractivity contribution >= 4 is 40.4 Å². The zero-order valence-corrected chi connectivity index (χ0v) is 19.5. The Morgan fingerprint density at radius 1 is 0.838 bits per heavy atom. The van der Waals surface area contributed by atoms with Crippen LogP contribution in [0.3, 0.4) is 0 Å². The minimum absolute atomic E-state index is 0.0601. The molecule has 2 aliphatic heterocycles. The first-order valence-corrected chi connectivity index (χ1v) is 11.6. The second-order valence-electron chi connectivity index (χ2n) is 8.53. The zero-order valence-electron chi connectivity index (χ0n) is 19.5. The molecule has 6 rings (SSSR count). The zero-order chi connectivity index (χ0) is 25.4. The van der Waals surface area contributed by atoms with E-state index >= 15 is 0 Å². The van der Waals surface area contributed by atoms with Crippen molar-refractivity contribution in [2.75, 3.05) is 11.7 Å². The average molecular weight is 492 g/mol. The van der Waals surface area contributed by atoms with Gasteiger partial charge in [0.05, 0.1) is 5.69 Å². The Bertz CT molecular complexity index is 1590. The summed E-state index contributed by atoms with van der Waals surface area (Å²) in [6, 6.07) is 25.2. The number of carbonyl (C=O) groups is 3. The van der Waals surface area contributed by atoms with Crippen LogP contribution in [0.2, 0.25) is 0 Å². The summed E-state index contributed by atoms with van der Waals surface area (Å²) < 4.78 is 16.5. The molecule has 1 fully saturated rings. The quantitative estimate of drug-likeness (QED) is 0.317. The number of benzene rings is 4. The summed E-state index contributed by atoms with van der Waals surface area (Å²) in [5.74, 6) is 0.0861. The van der Waals surface area contributed by atoms with E-state index in [1.165, 1.54) is 17.5 Å². The molecule has 182 valence electrons. The second-order valence-corrected chi connectivity index (χ2v) is 8.53. The summed E-state index contributed by atoms with van der Waals surface area (Å²) in [6.07, 6.45) is 1.44. The maximum absolute atomic E-state index is 13.2. The maximum atomic E-state index is 13.2. The van der Waals surface area contributed by atoms with Crippen LogP contribution < -0.4 is 24.4 Å². The molecular formula is C29H20N2O6. The van der Waals surface area contributed by atoms with E-state index in [4.69, 9.17) is 14.2 Å². The van der Waals surface area contributed by atoms with Crippen LogP contribution >= 0.6 is 0 Å². The van der Waals surface area contributed by atoms with Crippen LogP contribution in [0.25, 0.3) is 16.8 Å². The molecule has 2 heterocycles. The van der Waals surface area contributed by atoms with Crippen LogP contribution in [0, 0.1) is 0 Å². The Morgan fingerprint density at radius 3 is 2.46 bits per heavy atom. The number of carbonyl (C=O) groups excluding carboxylic acids is 3. The van der Waals surface area contributed by atoms with Crippen LogP contribution in [0.1, 0.15) is 11.1 Å². The number of hydrogen-bond donors (Lipinski definition) is 1. The second kappa shape index (κ2) is 9.16. The molecule has 4 aromatic rings. The molecule has 0 aliphatic carbocycles. The highest BCUT2D eigenvalue weighted by Gasteiger charge is 2.37. The first-order valence-electron chi connectivity index (χ1n) is 11.6. The van der Waals surface area contributed by atoms with E-state index in [2.05, 4.69) is 29.6 Å². The van der Waals surface area contributed by atoms with Crippen molar-refractivity contribution < 1.29 is 28.6 Å². The van der Waals surface area contributed by atoms with Gasteiger partial charge in [0, 0.05) is 6.07 Å². The first-order chi connectivity index (χ1) is 18.0. The lowest BCUT2D eigenvalue weighted by Crippen LogP contribution is -2.54. The van der Waals surface area contributed by atoms with Crippen LogP contribution in [0.5, 0.6) is 17.2 Å². The highest BCUT2D eigenvalue weighted by atomic mass is 16.7. The molecule has 4 aromatic carbocycles. The van der Waals surface area contributed by atoms with E-state index < -0.39 is 17.8 Å². The summed E-state index contributed by atoms with van der Waals surface area (Å²) in [6.45, 7) is 0.462. The molecule has 37 heavy (non-hydrogen) atoms. The van der Waals surface area contributed by atoms with Gasteiger partial charge in [0.25, 0.3) is 11.8 Å². The molecule has 0 atom stereocenters. The molecule has 0 radical (unpaired) electrons. The molecule has 4 amide bonds. The summed E-state index contributed by atoms with van der Waals surface area (Å²) in [5, 5.41) is 4.54. The van der Waals surface area contributed by atoms with Crippen LogP contribution in [-0.4, -0.2) is 24.6 Å². The van der Waals surface area contributed by atoms with E-state index in [-0.39, 0.29) is 18.1 Å². The number of barbiturate groups is 1. The number of rotatable bonds is 5. The Kier molecular flexibility index (Phi) is 5.54. The van der Waals surface area contributed by atoms with Gasteiger partial charge in [-0.2, -0.15) is 0 Å². The average Bonchev–Trinajstić information content (AvgIpc) is 3.38. The van der Waals surface area contributed by atoms with E-state index in [9.17, 15) is 14.4 Å². The van der Waals surface area contributed by atoms with E-state index in [0.29, 0.717) is 29.4 Å². The van der Waals surface area contributed by atoms with Crippen LogP contribution in [-0.2, 0) is 16.2 Å². The third-order valence-electron chi connectivity index (χ3n) is 6.13. The summed E-state index contributed by atoms with van der Waals surface area (Å²) >= 11 is 0. The van der Waals surface area contributed by atoms with Gasteiger partial charge in [-0.15, -0.1) is 0 Å². The molecule has 1 N–H and O–H groups in total. The highest BCUT2D eigenvalue weighted by Crippen LogP contribution is 2.36. The first kappa shape index (κ1) is 22.4. The number of imide groups is 2. The largest absolute Gasteiger partial charge is 0.489 e. The van der Waals surface area contributed by atoms with Crippen LogP contribution in [0.4, 0.5) is 10.5 Å². The van der Waals surface area contributed by atoms with Crippen molar-refractivity contribution in [3.05, 3.63) is 102 Å². The van der Waals surface area contributed by atoms with Gasteiger partial charge in [-0.25, -0.2) is 9.69 Å². The number of anilines is 1. The van der Waals surface area contributed by atoms with Gasteiger partial charge < -0.3 is 14.2 Å². The van der Waals surface area contributed by atoms with Gasteiger partial charge in [0.1, 0.15) is 17.9 Å². The van der Waals surface area contributed by atoms with Gasteiger partial charge in [0.15, 0.2) is 11.5 Å². The number of nitrogens with one attached hydrogen (secondary N) is 1. The molecule has 0 spiro atoms. The van der Waals surface area contributed by atoms with Crippen LogP contribution in [0.15, 0.2) is 90.5 Å². The van der Waals surface area contributed by atoms with E-state index in [1.807, 2.05) is 18.2 Å². The van der Waals surface area contributed by atoms with Gasteiger partial charge in [-0.05, 0) is 58.3 Å². The molecule has 0 unspecified atom stereocenters. The molecule has 0 bridgehead atoms. The number of hydrogen-bond acceptors (Lipinski definition) is 6. The van der Waals surface area contributed by atoms with Crippen molar-refractivity contribution in [3.8, 4) is 17.2 Å². The molecular weight excluding hydrogens is 472 g/mol. The lowest BCUT2D eigenvalue weighted by Gasteiger charge is -2.26. The Hall–Kier alpha value is -5.11. The number of amides is 4. The number of urea groups is 1. The Labute approximate surface area is 211 Å². The lowest BCUT2D eigenvalue weighted by molar-refractivity contribution is -0.122. The van der Waals surface area contributed by atoms with Gasteiger partial charge in [-0.1, -0.05) is 48.5 Å². The van der Waals surface area contributed by atoms with Crippen molar-refractivity contribution in [3.63, 3.8) is 0 Å². The molecule has 8 nitrogen and oxygen atoms in total. The van der Waals surface area contributed by atoms with Gasteiger partial charge in [-0.3, -0.25) is 14.9 Å². The predicted molar refractivity (Wildman–Crippen MR) is 136 cm³/mol. The van der Waals surface area contributed by atoms with E-state index in [0.717, 1.165) is 15.8 Å². The fraction of sp³-hybridized carbons (Fsp3) is 0.0690. The monoisotopic (exact) mass is 492 g/mol. The third-order valence-corrected chi connectivity index (χ3v) is 6.13. The minimum Gasteiger partial charge on any atom is -0.489 e. The Morgan fingerprint density at radius 2 is 1.62 bits per heavy atom. The standard InChI is InChI=1S/C29H20N2O6/c32-27-24(28(33)31(29(34)30-27)22-9-12-25-26(15-22)37-17-36-25)14-18-6-10-23(11-7-18)35-16-19-5-8-20-3-1-2-4-21(20)13-19/h1-15H,16-17H2,(H,30,32,34)/b24-14+. The van der Waals surface area contributed by atoms with Crippen molar-refractivity contribution in [2.24, 2.45) is 0 Å². The molecule has 0 saturated carbocycles. The Balaban J connectivity index is 1.18. The highest BCUT2D eigenvalue weighted by molar-refractivity contribution is 6.39. The maximum Gasteiger partial charge on any atom is 0.335 e. The number of nitrogens with zero attached hydrogens (tertiary/aromatic N) is 1. The normalized spacial score (nSPS) is 15.8. The minimum atomic E-state index is -0.830. The van der Waals surface area contributed by atoms with Gasteiger partial charge in [0.2, 0.25) is 6.79 Å². The molecule has 0 aromatic heterocycles. The van der Waals surface area contributed by atoms with Crippen molar-refractivity contribution in [2.45, 2.75) is 6.61 Å². The van der Waals surface area contributed by atoms with Crippen molar-refractivity contribution in [1.82, 2.24) is 5.32 Å². The summed E-state index contributed by atoms with van der Waals surface area (Å²) in [5.41, 5.74) is 1.75. The summed E-state index contributed by atoms with van der Waals surface area (Å²) in [7, 11) is 0. The molecule has 8 heteroatoms. The fourth-order valence-corrected chi connectivity index (χ4v) is 4.24. The van der Waals surface area contributed by atoms with Crippen molar-refractivity contribution in [1.29, 1.82) is 0 Å². The van der Waals surface area contributed by atoms with Gasteiger partial charge >= 0.3 is 6.03 Å². The number of fused-ring (bicyclic) bond motifs is 2. The predicted octanol–water partition coefficient (Wildman–Crippen LogP) is 4.81. The molecule has 2 aliphatic rings. The smallest absolute Gasteiger partial charge is 0.335 e. The summed E-state index contributed by atoms with van der Waals surface area (Å²) in [4.78, 5) is 39.0. The topological polar surface area (TPSA) is 94.2 Å². The molecule has 1 saturated heterocycles.